The van der Waals surface area contributed by atoms with Crippen molar-refractivity contribution in [3.05, 3.63) is 0 Å². The number of hydrogen-bond donors (Lipinski definition) is 0. The maximum atomic E-state index is 10.4. The predicted octanol–water partition coefficient (Wildman–Crippen LogP) is 1.56. The van der Waals surface area contributed by atoms with E-state index in [1.54, 1.807) is 6.92 Å². The Hall–Kier alpha value is 0.870. The standard InChI is InChI=1S/C15H32O4S.Na/c1-3-4-5-6-7-8-9-10-11-12-13-14-15(2)19-20(16,17)18;/h15H,3-14H2,1-2H3,(H,16,17,18);/q;+1/p-1. The van der Waals surface area contributed by atoms with Crippen molar-refractivity contribution in [1.29, 1.82) is 0 Å². The van der Waals surface area contributed by atoms with Crippen LogP contribution in [-0.2, 0) is 14.6 Å². The van der Waals surface area contributed by atoms with Crippen LogP contribution >= 0.6 is 0 Å². The molecule has 0 rings (SSSR count). The van der Waals surface area contributed by atoms with Crippen molar-refractivity contribution in [3.8, 4) is 0 Å². The van der Waals surface area contributed by atoms with E-state index in [9.17, 15) is 13.0 Å². The molecule has 1 unspecified atom stereocenters. The molecule has 0 spiro atoms. The van der Waals surface area contributed by atoms with E-state index in [2.05, 4.69) is 11.1 Å². The number of unbranched alkanes of at least 4 members (excludes halogenated alkanes) is 10. The number of hydrogen-bond acceptors (Lipinski definition) is 4. The second-order valence-corrected chi connectivity index (χ2v) is 6.65. The van der Waals surface area contributed by atoms with E-state index < -0.39 is 16.5 Å². The normalized spacial score (nSPS) is 12.9. The van der Waals surface area contributed by atoms with Gasteiger partial charge in [0.15, 0.2) is 0 Å². The zero-order valence-electron chi connectivity index (χ0n) is 14.1. The van der Waals surface area contributed by atoms with Gasteiger partial charge in [-0.2, -0.15) is 0 Å². The van der Waals surface area contributed by atoms with Gasteiger partial charge in [-0.1, -0.05) is 77.6 Å². The summed E-state index contributed by atoms with van der Waals surface area (Å²) < 4.78 is 35.4. The minimum absolute atomic E-state index is 0. The molecule has 21 heavy (non-hydrogen) atoms. The molecule has 0 fully saturated rings. The van der Waals surface area contributed by atoms with Gasteiger partial charge in [0, 0.05) is 0 Å². The van der Waals surface area contributed by atoms with E-state index in [4.69, 9.17) is 0 Å². The third-order valence-electron chi connectivity index (χ3n) is 3.50. The Morgan fingerprint density at radius 1 is 0.857 bits per heavy atom. The molecule has 0 bridgehead atoms. The van der Waals surface area contributed by atoms with Crippen molar-refractivity contribution in [2.75, 3.05) is 0 Å². The summed E-state index contributed by atoms with van der Waals surface area (Å²) in [7, 11) is -4.54. The molecule has 0 saturated carbocycles. The largest absolute Gasteiger partial charge is 1.00 e. The maximum Gasteiger partial charge on any atom is 1.00 e. The van der Waals surface area contributed by atoms with Crippen LogP contribution < -0.4 is 29.6 Å². The summed E-state index contributed by atoms with van der Waals surface area (Å²) >= 11 is 0. The molecule has 0 aliphatic rings. The molecule has 0 amide bonds. The molecular weight excluding hydrogens is 299 g/mol. The second kappa shape index (κ2) is 15.8. The van der Waals surface area contributed by atoms with Crippen molar-refractivity contribution in [2.24, 2.45) is 0 Å². The first-order valence-corrected chi connectivity index (χ1v) is 9.43. The first-order valence-electron chi connectivity index (χ1n) is 8.10. The van der Waals surface area contributed by atoms with Crippen LogP contribution in [0.15, 0.2) is 0 Å². The molecule has 122 valence electrons. The van der Waals surface area contributed by atoms with Gasteiger partial charge >= 0.3 is 29.6 Å². The van der Waals surface area contributed by atoms with Crippen LogP contribution in [0, 0.1) is 0 Å². The van der Waals surface area contributed by atoms with Crippen molar-refractivity contribution < 1.29 is 46.7 Å². The molecule has 1 atom stereocenters. The molecule has 0 aromatic carbocycles. The number of rotatable bonds is 14. The fourth-order valence-corrected chi connectivity index (χ4v) is 2.84. The molecule has 6 heteroatoms. The summed E-state index contributed by atoms with van der Waals surface area (Å²) in [6, 6.07) is 0. The Morgan fingerprint density at radius 2 is 1.24 bits per heavy atom. The topological polar surface area (TPSA) is 66.4 Å². The molecule has 0 aliphatic carbocycles. The first-order chi connectivity index (χ1) is 9.45. The Balaban J connectivity index is 0. The van der Waals surface area contributed by atoms with E-state index in [0.29, 0.717) is 6.42 Å². The fraction of sp³-hybridized carbons (Fsp3) is 1.00. The molecule has 4 nitrogen and oxygen atoms in total. The van der Waals surface area contributed by atoms with Gasteiger partial charge in [0.05, 0.1) is 6.10 Å². The van der Waals surface area contributed by atoms with Crippen molar-refractivity contribution in [3.63, 3.8) is 0 Å². The van der Waals surface area contributed by atoms with E-state index in [0.717, 1.165) is 12.8 Å². The van der Waals surface area contributed by atoms with E-state index in [1.165, 1.54) is 57.8 Å². The zero-order valence-corrected chi connectivity index (χ0v) is 16.9. The van der Waals surface area contributed by atoms with Gasteiger partial charge in [0.25, 0.3) is 0 Å². The van der Waals surface area contributed by atoms with Crippen LogP contribution in [0.5, 0.6) is 0 Å². The first kappa shape index (κ1) is 24.1. The molecule has 0 N–H and O–H groups in total. The third kappa shape index (κ3) is 20.9. The van der Waals surface area contributed by atoms with Gasteiger partial charge in [-0.05, 0) is 13.3 Å². The smallest absolute Gasteiger partial charge is 0.726 e. The molecule has 0 radical (unpaired) electrons. The SMILES string of the molecule is CCCCCCCCCCCCCC(C)OS(=O)(=O)[O-].[Na+]. The molecule has 0 aromatic heterocycles. The summed E-state index contributed by atoms with van der Waals surface area (Å²) in [5, 5.41) is 0. The monoisotopic (exact) mass is 330 g/mol. The van der Waals surface area contributed by atoms with Gasteiger partial charge in [-0.25, -0.2) is 8.42 Å². The minimum atomic E-state index is -4.54. The Bertz CT molecular complexity index is 307. The molecule has 0 heterocycles. The Labute approximate surface area is 153 Å². The van der Waals surface area contributed by atoms with E-state index in [1.807, 2.05) is 0 Å². The Kier molecular flexibility index (Phi) is 18.1. The van der Waals surface area contributed by atoms with Crippen LogP contribution in [0.4, 0.5) is 0 Å². The summed E-state index contributed by atoms with van der Waals surface area (Å²) in [6.07, 6.45) is 14.0. The fourth-order valence-electron chi connectivity index (χ4n) is 2.35. The molecular formula is C15H31NaO4S. The minimum Gasteiger partial charge on any atom is -0.726 e. The molecule has 0 aromatic rings. The maximum absolute atomic E-state index is 10.4. The van der Waals surface area contributed by atoms with Crippen molar-refractivity contribution in [2.45, 2.75) is 97.0 Å². The van der Waals surface area contributed by atoms with Crippen molar-refractivity contribution in [1.82, 2.24) is 0 Å². The van der Waals surface area contributed by atoms with Crippen LogP contribution in [-0.4, -0.2) is 19.1 Å². The van der Waals surface area contributed by atoms with Gasteiger partial charge < -0.3 is 4.55 Å². The second-order valence-electron chi connectivity index (χ2n) is 5.64. The van der Waals surface area contributed by atoms with Crippen molar-refractivity contribution >= 4 is 10.4 Å². The summed E-state index contributed by atoms with van der Waals surface area (Å²) in [5.74, 6) is 0. The summed E-state index contributed by atoms with van der Waals surface area (Å²) in [6.45, 7) is 3.87. The summed E-state index contributed by atoms with van der Waals surface area (Å²) in [5.41, 5.74) is 0. The van der Waals surface area contributed by atoms with E-state index in [-0.39, 0.29) is 29.6 Å². The van der Waals surface area contributed by atoms with Gasteiger partial charge in [0.2, 0.25) is 10.4 Å². The van der Waals surface area contributed by atoms with Gasteiger partial charge in [-0.15, -0.1) is 0 Å². The van der Waals surface area contributed by atoms with E-state index >= 15 is 0 Å². The average Bonchev–Trinajstić information content (AvgIpc) is 2.34. The van der Waals surface area contributed by atoms with Gasteiger partial charge in [0.1, 0.15) is 0 Å². The third-order valence-corrected chi connectivity index (χ3v) is 4.06. The average molecular weight is 330 g/mol. The molecule has 0 aliphatic heterocycles. The van der Waals surface area contributed by atoms with Crippen LogP contribution in [0.1, 0.15) is 90.9 Å². The van der Waals surface area contributed by atoms with Crippen LogP contribution in [0.3, 0.4) is 0 Å². The summed E-state index contributed by atoms with van der Waals surface area (Å²) in [4.78, 5) is 0. The predicted molar refractivity (Wildman–Crippen MR) is 81.3 cm³/mol. The quantitative estimate of drug-likeness (QED) is 0.210. The molecule has 0 saturated heterocycles. The zero-order chi connectivity index (χ0) is 15.3. The van der Waals surface area contributed by atoms with Crippen LogP contribution in [0.25, 0.3) is 0 Å². The van der Waals surface area contributed by atoms with Gasteiger partial charge in [-0.3, -0.25) is 4.18 Å². The van der Waals surface area contributed by atoms with Crippen LogP contribution in [0.2, 0.25) is 0 Å². The Morgan fingerprint density at radius 3 is 1.62 bits per heavy atom.